The molecule has 0 aromatic rings. The van der Waals surface area contributed by atoms with Crippen molar-refractivity contribution in [1.29, 1.82) is 0 Å². The Balaban J connectivity index is 2.98. The molecule has 48 valence electrons. The van der Waals surface area contributed by atoms with Crippen LogP contribution >= 0.6 is 11.8 Å². The molecule has 0 radical (unpaired) electrons. The lowest BCUT2D eigenvalue weighted by molar-refractivity contribution is 0.310. The maximum atomic E-state index is 8.83. The van der Waals surface area contributed by atoms with E-state index < -0.39 is 0 Å². The molecule has 1 N–H and O–H groups in total. The van der Waals surface area contributed by atoms with Gasteiger partial charge in [0.25, 0.3) is 0 Å². The summed E-state index contributed by atoms with van der Waals surface area (Å²) >= 11 is 1.51. The highest BCUT2D eigenvalue weighted by Gasteiger charge is 1.93. The minimum Gasteiger partial charge on any atom is -0.379 e. The standard InChI is InChI=1S/C6H12OS/c1-3-5-8-6(7)4-2/h4,6-7H,2-3,5H2,1H3. The highest BCUT2D eigenvalue weighted by molar-refractivity contribution is 7.99. The Hall–Kier alpha value is 0.0500. The van der Waals surface area contributed by atoms with Crippen molar-refractivity contribution in [1.82, 2.24) is 0 Å². The van der Waals surface area contributed by atoms with E-state index in [1.807, 2.05) is 0 Å². The van der Waals surface area contributed by atoms with Crippen molar-refractivity contribution in [2.75, 3.05) is 5.75 Å². The predicted octanol–water partition coefficient (Wildman–Crippen LogP) is 1.63. The second kappa shape index (κ2) is 5.19. The number of aliphatic hydroxyl groups excluding tert-OH is 1. The van der Waals surface area contributed by atoms with Crippen molar-refractivity contribution in [3.05, 3.63) is 12.7 Å². The van der Waals surface area contributed by atoms with Crippen molar-refractivity contribution >= 4 is 11.8 Å². The van der Waals surface area contributed by atoms with Gasteiger partial charge in [-0.15, -0.1) is 11.8 Å². The van der Waals surface area contributed by atoms with Crippen LogP contribution in [0.2, 0.25) is 0 Å². The Bertz CT molecular complexity index is 63.5. The number of rotatable bonds is 4. The average molecular weight is 132 g/mol. The molecule has 0 amide bonds. The summed E-state index contributed by atoms with van der Waals surface area (Å²) in [5, 5.41) is 8.83. The lowest BCUT2D eigenvalue weighted by Gasteiger charge is -2.00. The second-order valence-corrected chi connectivity index (χ2v) is 2.72. The van der Waals surface area contributed by atoms with Crippen LogP contribution in [-0.4, -0.2) is 16.3 Å². The van der Waals surface area contributed by atoms with Crippen LogP contribution < -0.4 is 0 Å². The number of hydrogen-bond donors (Lipinski definition) is 1. The van der Waals surface area contributed by atoms with Crippen LogP contribution in [0.4, 0.5) is 0 Å². The quantitative estimate of drug-likeness (QED) is 0.463. The molecule has 0 spiro atoms. The van der Waals surface area contributed by atoms with Crippen LogP contribution in [0, 0.1) is 0 Å². The van der Waals surface area contributed by atoms with Gasteiger partial charge < -0.3 is 5.11 Å². The fourth-order valence-corrected chi connectivity index (χ4v) is 0.920. The monoisotopic (exact) mass is 132 g/mol. The van der Waals surface area contributed by atoms with E-state index in [1.165, 1.54) is 11.8 Å². The van der Waals surface area contributed by atoms with Gasteiger partial charge in [0.2, 0.25) is 0 Å². The number of aliphatic hydroxyl groups is 1. The van der Waals surface area contributed by atoms with Crippen LogP contribution in [0.15, 0.2) is 12.7 Å². The molecule has 0 saturated heterocycles. The van der Waals surface area contributed by atoms with Crippen molar-refractivity contribution in [2.24, 2.45) is 0 Å². The fourth-order valence-electron chi connectivity index (χ4n) is 0.307. The Kier molecular flexibility index (Phi) is 5.22. The zero-order valence-electron chi connectivity index (χ0n) is 5.13. The van der Waals surface area contributed by atoms with Crippen LogP contribution in [0.5, 0.6) is 0 Å². The summed E-state index contributed by atoms with van der Waals surface area (Å²) in [5.74, 6) is 1.01. The van der Waals surface area contributed by atoms with Gasteiger partial charge in [-0.1, -0.05) is 19.6 Å². The molecule has 0 aliphatic carbocycles. The molecule has 2 heteroatoms. The average Bonchev–Trinajstić information content (AvgIpc) is 1.83. The minimum absolute atomic E-state index is 0.366. The minimum atomic E-state index is -0.366. The van der Waals surface area contributed by atoms with Gasteiger partial charge in [0.15, 0.2) is 0 Å². The van der Waals surface area contributed by atoms with Crippen molar-refractivity contribution in [3.63, 3.8) is 0 Å². The Morgan fingerprint density at radius 1 is 1.88 bits per heavy atom. The van der Waals surface area contributed by atoms with E-state index >= 15 is 0 Å². The smallest absolute Gasteiger partial charge is 0.118 e. The van der Waals surface area contributed by atoms with Gasteiger partial charge in [-0.05, 0) is 12.2 Å². The summed E-state index contributed by atoms with van der Waals surface area (Å²) in [6, 6.07) is 0. The molecule has 0 aliphatic rings. The summed E-state index contributed by atoms with van der Waals surface area (Å²) in [6.07, 6.45) is 2.65. The first-order chi connectivity index (χ1) is 3.81. The van der Waals surface area contributed by atoms with Gasteiger partial charge in [0, 0.05) is 0 Å². The third-order valence-electron chi connectivity index (χ3n) is 0.694. The molecule has 0 aromatic heterocycles. The van der Waals surface area contributed by atoms with Gasteiger partial charge in [0.1, 0.15) is 5.44 Å². The maximum Gasteiger partial charge on any atom is 0.118 e. The van der Waals surface area contributed by atoms with E-state index in [0.717, 1.165) is 12.2 Å². The summed E-state index contributed by atoms with van der Waals surface area (Å²) in [4.78, 5) is 0. The van der Waals surface area contributed by atoms with Gasteiger partial charge in [-0.2, -0.15) is 0 Å². The summed E-state index contributed by atoms with van der Waals surface area (Å²) in [6.45, 7) is 5.53. The zero-order chi connectivity index (χ0) is 6.41. The van der Waals surface area contributed by atoms with Gasteiger partial charge >= 0.3 is 0 Å². The number of thioether (sulfide) groups is 1. The molecule has 0 aromatic carbocycles. The first-order valence-electron chi connectivity index (χ1n) is 2.73. The lowest BCUT2D eigenvalue weighted by Crippen LogP contribution is -1.94. The topological polar surface area (TPSA) is 20.2 Å². The Labute approximate surface area is 54.8 Å². The lowest BCUT2D eigenvalue weighted by atomic mass is 10.6. The zero-order valence-corrected chi connectivity index (χ0v) is 5.95. The molecule has 0 heterocycles. The molecule has 0 saturated carbocycles. The maximum absolute atomic E-state index is 8.83. The first kappa shape index (κ1) is 8.05. The third-order valence-corrected chi connectivity index (χ3v) is 1.87. The summed E-state index contributed by atoms with van der Waals surface area (Å²) in [7, 11) is 0. The second-order valence-electron chi connectivity index (χ2n) is 1.50. The van der Waals surface area contributed by atoms with E-state index in [0.29, 0.717) is 0 Å². The Morgan fingerprint density at radius 3 is 2.88 bits per heavy atom. The van der Waals surface area contributed by atoms with Crippen molar-refractivity contribution in [2.45, 2.75) is 18.8 Å². The van der Waals surface area contributed by atoms with E-state index in [9.17, 15) is 0 Å². The van der Waals surface area contributed by atoms with Gasteiger partial charge in [-0.25, -0.2) is 0 Å². The molecule has 0 fully saturated rings. The van der Waals surface area contributed by atoms with Crippen LogP contribution in [-0.2, 0) is 0 Å². The van der Waals surface area contributed by atoms with Gasteiger partial charge in [0.05, 0.1) is 0 Å². The number of hydrogen-bond acceptors (Lipinski definition) is 2. The van der Waals surface area contributed by atoms with Crippen molar-refractivity contribution in [3.8, 4) is 0 Å². The van der Waals surface area contributed by atoms with E-state index in [4.69, 9.17) is 5.11 Å². The molecule has 0 bridgehead atoms. The third kappa shape index (κ3) is 4.22. The summed E-state index contributed by atoms with van der Waals surface area (Å²) < 4.78 is 0. The molecule has 1 unspecified atom stereocenters. The van der Waals surface area contributed by atoms with Crippen LogP contribution in [0.3, 0.4) is 0 Å². The predicted molar refractivity (Wildman–Crippen MR) is 39.0 cm³/mol. The summed E-state index contributed by atoms with van der Waals surface area (Å²) in [5.41, 5.74) is -0.366. The SMILES string of the molecule is C=CC(O)SCCC. The van der Waals surface area contributed by atoms with E-state index in [1.54, 1.807) is 6.08 Å². The van der Waals surface area contributed by atoms with Gasteiger partial charge in [-0.3, -0.25) is 0 Å². The molecular weight excluding hydrogens is 120 g/mol. The fraction of sp³-hybridized carbons (Fsp3) is 0.667. The molecule has 1 nitrogen and oxygen atoms in total. The highest BCUT2D eigenvalue weighted by atomic mass is 32.2. The molecule has 1 atom stereocenters. The molecular formula is C6H12OS. The highest BCUT2D eigenvalue weighted by Crippen LogP contribution is 2.08. The normalized spacial score (nSPS) is 13.2. The van der Waals surface area contributed by atoms with Crippen molar-refractivity contribution < 1.29 is 5.11 Å². The first-order valence-corrected chi connectivity index (χ1v) is 3.78. The van der Waals surface area contributed by atoms with E-state index in [2.05, 4.69) is 13.5 Å². The molecule has 8 heavy (non-hydrogen) atoms. The molecule has 0 aliphatic heterocycles. The van der Waals surface area contributed by atoms with Crippen LogP contribution in [0.1, 0.15) is 13.3 Å². The van der Waals surface area contributed by atoms with Crippen LogP contribution in [0.25, 0.3) is 0 Å². The Morgan fingerprint density at radius 2 is 2.50 bits per heavy atom. The molecule has 0 rings (SSSR count). The largest absolute Gasteiger partial charge is 0.379 e. The van der Waals surface area contributed by atoms with E-state index in [-0.39, 0.29) is 5.44 Å².